The van der Waals surface area contributed by atoms with E-state index < -0.39 is 29.9 Å². The van der Waals surface area contributed by atoms with Gasteiger partial charge in [0.1, 0.15) is 0 Å². The molecule has 1 aromatic carbocycles. The second-order valence-corrected chi connectivity index (χ2v) is 4.40. The van der Waals surface area contributed by atoms with Gasteiger partial charge in [0.2, 0.25) is 0 Å². The SMILES string of the molecule is CCCCC(OC(F)(c1ccccc1)C(F)F)C(=O)O. The van der Waals surface area contributed by atoms with Gasteiger partial charge in [-0.15, -0.1) is 0 Å². The summed E-state index contributed by atoms with van der Waals surface area (Å²) in [5.41, 5.74) is -0.391. The van der Waals surface area contributed by atoms with Crippen molar-refractivity contribution >= 4 is 5.97 Å². The predicted octanol–water partition coefficient (Wildman–Crippen LogP) is 3.73. The van der Waals surface area contributed by atoms with Crippen LogP contribution < -0.4 is 0 Å². The maximum Gasteiger partial charge on any atom is 0.332 e. The molecule has 3 nitrogen and oxygen atoms in total. The maximum absolute atomic E-state index is 14.4. The van der Waals surface area contributed by atoms with E-state index in [1.165, 1.54) is 12.1 Å². The van der Waals surface area contributed by atoms with E-state index >= 15 is 0 Å². The molecular weight excluding hydrogens is 273 g/mol. The Morgan fingerprint density at radius 1 is 1.35 bits per heavy atom. The van der Waals surface area contributed by atoms with Crippen LogP contribution in [-0.4, -0.2) is 23.6 Å². The molecule has 0 aliphatic carbocycles. The second kappa shape index (κ2) is 7.28. The molecule has 1 N–H and O–H groups in total. The van der Waals surface area contributed by atoms with Gasteiger partial charge < -0.3 is 9.84 Å². The third kappa shape index (κ3) is 3.96. The summed E-state index contributed by atoms with van der Waals surface area (Å²) in [6.45, 7) is 1.81. The topological polar surface area (TPSA) is 46.5 Å². The Hall–Kier alpha value is -1.56. The molecule has 0 aliphatic rings. The minimum absolute atomic E-state index is 0.0168. The number of unbranched alkanes of at least 4 members (excludes halogenated alkanes) is 1. The number of hydrogen-bond donors (Lipinski definition) is 1. The maximum atomic E-state index is 14.4. The first-order valence-electron chi connectivity index (χ1n) is 6.35. The Kier molecular flexibility index (Phi) is 6.01. The fourth-order valence-corrected chi connectivity index (χ4v) is 1.74. The van der Waals surface area contributed by atoms with Crippen molar-refractivity contribution < 1.29 is 27.8 Å². The average Bonchev–Trinajstić information content (AvgIpc) is 2.43. The molecule has 0 saturated heterocycles. The van der Waals surface area contributed by atoms with Crippen molar-refractivity contribution in [1.82, 2.24) is 0 Å². The standard InChI is InChI=1S/C14H17F3O3/c1-2-3-9-11(12(18)19)20-14(17,13(15)16)10-7-5-4-6-8-10/h4-8,11,13H,2-3,9H2,1H3,(H,18,19). The lowest BCUT2D eigenvalue weighted by atomic mass is 10.1. The summed E-state index contributed by atoms with van der Waals surface area (Å²) in [6, 6.07) is 6.60. The number of hydrogen-bond acceptors (Lipinski definition) is 2. The number of carboxylic acid groups (broad SMARTS) is 1. The van der Waals surface area contributed by atoms with Crippen LogP contribution in [0, 0.1) is 0 Å². The molecule has 0 radical (unpaired) electrons. The third-order valence-corrected chi connectivity index (χ3v) is 2.86. The van der Waals surface area contributed by atoms with Gasteiger partial charge in [-0.25, -0.2) is 18.0 Å². The summed E-state index contributed by atoms with van der Waals surface area (Å²) < 4.78 is 45.1. The van der Waals surface area contributed by atoms with Gasteiger partial charge in [0, 0.05) is 5.56 Å². The van der Waals surface area contributed by atoms with Gasteiger partial charge in [-0.2, -0.15) is 0 Å². The smallest absolute Gasteiger partial charge is 0.332 e. The molecule has 0 fully saturated rings. The van der Waals surface area contributed by atoms with E-state index in [1.54, 1.807) is 6.07 Å². The summed E-state index contributed by atoms with van der Waals surface area (Å²) in [5, 5.41) is 8.96. The lowest BCUT2D eigenvalue weighted by Gasteiger charge is -2.28. The van der Waals surface area contributed by atoms with E-state index in [1.807, 2.05) is 6.92 Å². The molecule has 1 rings (SSSR count). The molecule has 20 heavy (non-hydrogen) atoms. The highest BCUT2D eigenvalue weighted by molar-refractivity contribution is 5.72. The molecule has 2 unspecified atom stereocenters. The first-order valence-corrected chi connectivity index (χ1v) is 6.35. The lowest BCUT2D eigenvalue weighted by Crippen LogP contribution is -2.39. The Balaban J connectivity index is 2.98. The van der Waals surface area contributed by atoms with Gasteiger partial charge in [-0.1, -0.05) is 50.1 Å². The number of alkyl halides is 3. The zero-order chi connectivity index (χ0) is 15.2. The molecular formula is C14H17F3O3. The number of carboxylic acids is 1. The number of aliphatic carboxylic acids is 1. The Morgan fingerprint density at radius 3 is 2.40 bits per heavy atom. The highest BCUT2D eigenvalue weighted by Crippen LogP contribution is 2.36. The molecule has 0 aromatic heterocycles. The Morgan fingerprint density at radius 2 is 1.95 bits per heavy atom. The fourth-order valence-electron chi connectivity index (χ4n) is 1.74. The predicted molar refractivity (Wildman–Crippen MR) is 67.3 cm³/mol. The molecule has 0 saturated carbocycles. The molecule has 0 aliphatic heterocycles. The van der Waals surface area contributed by atoms with Crippen LogP contribution in [0.1, 0.15) is 31.7 Å². The number of ether oxygens (including phenoxy) is 1. The fraction of sp³-hybridized carbons (Fsp3) is 0.500. The second-order valence-electron chi connectivity index (χ2n) is 4.40. The van der Waals surface area contributed by atoms with Gasteiger partial charge >= 0.3 is 12.4 Å². The van der Waals surface area contributed by atoms with E-state index in [4.69, 9.17) is 5.11 Å². The van der Waals surface area contributed by atoms with Gasteiger partial charge in [0.25, 0.3) is 5.85 Å². The Labute approximate surface area is 115 Å². The largest absolute Gasteiger partial charge is 0.479 e. The first-order chi connectivity index (χ1) is 9.41. The Bertz CT molecular complexity index is 425. The van der Waals surface area contributed by atoms with Gasteiger partial charge in [0.15, 0.2) is 6.10 Å². The minimum atomic E-state index is -3.48. The van der Waals surface area contributed by atoms with Gasteiger partial charge in [-0.3, -0.25) is 0 Å². The van der Waals surface area contributed by atoms with Crippen LogP contribution in [-0.2, 0) is 15.4 Å². The summed E-state index contributed by atoms with van der Waals surface area (Å²) in [5.74, 6) is -4.87. The lowest BCUT2D eigenvalue weighted by molar-refractivity contribution is -0.255. The van der Waals surface area contributed by atoms with E-state index in [-0.39, 0.29) is 6.42 Å². The zero-order valence-electron chi connectivity index (χ0n) is 11.1. The molecule has 0 heterocycles. The van der Waals surface area contributed by atoms with Crippen LogP contribution in [0.5, 0.6) is 0 Å². The van der Waals surface area contributed by atoms with Crippen LogP contribution >= 0.6 is 0 Å². The van der Waals surface area contributed by atoms with Crippen LogP contribution in [0.4, 0.5) is 13.2 Å². The van der Waals surface area contributed by atoms with Crippen LogP contribution in [0.25, 0.3) is 0 Å². The molecule has 2 atom stereocenters. The van der Waals surface area contributed by atoms with E-state index in [2.05, 4.69) is 4.74 Å². The van der Waals surface area contributed by atoms with Crippen molar-refractivity contribution in [1.29, 1.82) is 0 Å². The van der Waals surface area contributed by atoms with Crippen molar-refractivity contribution in [3.05, 3.63) is 35.9 Å². The molecule has 1 aromatic rings. The summed E-state index contributed by atoms with van der Waals surface area (Å²) in [6.07, 6.45) is -3.99. The zero-order valence-corrected chi connectivity index (χ0v) is 11.1. The number of rotatable bonds is 8. The molecule has 112 valence electrons. The molecule has 0 amide bonds. The third-order valence-electron chi connectivity index (χ3n) is 2.86. The molecule has 0 spiro atoms. The van der Waals surface area contributed by atoms with Gasteiger partial charge in [-0.05, 0) is 6.42 Å². The normalized spacial score (nSPS) is 15.8. The van der Waals surface area contributed by atoms with E-state index in [0.717, 1.165) is 12.1 Å². The van der Waals surface area contributed by atoms with Crippen LogP contribution in [0.2, 0.25) is 0 Å². The van der Waals surface area contributed by atoms with Crippen molar-refractivity contribution in [3.8, 4) is 0 Å². The van der Waals surface area contributed by atoms with Crippen molar-refractivity contribution in [2.24, 2.45) is 0 Å². The van der Waals surface area contributed by atoms with E-state index in [9.17, 15) is 18.0 Å². The highest BCUT2D eigenvalue weighted by atomic mass is 19.3. The quantitative estimate of drug-likeness (QED) is 0.793. The van der Waals surface area contributed by atoms with Crippen LogP contribution in [0.15, 0.2) is 30.3 Å². The minimum Gasteiger partial charge on any atom is -0.479 e. The summed E-state index contributed by atoms with van der Waals surface area (Å²) >= 11 is 0. The molecule has 0 bridgehead atoms. The number of benzene rings is 1. The molecule has 6 heteroatoms. The summed E-state index contributed by atoms with van der Waals surface area (Å²) in [7, 11) is 0. The van der Waals surface area contributed by atoms with E-state index in [0.29, 0.717) is 12.8 Å². The number of carbonyl (C=O) groups is 1. The highest BCUT2D eigenvalue weighted by Gasteiger charge is 2.46. The van der Waals surface area contributed by atoms with Gasteiger partial charge in [0.05, 0.1) is 0 Å². The number of halogens is 3. The van der Waals surface area contributed by atoms with Crippen molar-refractivity contribution in [2.45, 2.75) is 44.6 Å². The van der Waals surface area contributed by atoms with Crippen LogP contribution in [0.3, 0.4) is 0 Å². The van der Waals surface area contributed by atoms with Crippen molar-refractivity contribution in [3.63, 3.8) is 0 Å². The first kappa shape index (κ1) is 16.5. The average molecular weight is 290 g/mol. The van der Waals surface area contributed by atoms with Crippen molar-refractivity contribution in [2.75, 3.05) is 0 Å². The monoisotopic (exact) mass is 290 g/mol. The summed E-state index contributed by atoms with van der Waals surface area (Å²) in [4.78, 5) is 11.0.